The van der Waals surface area contributed by atoms with Crippen molar-refractivity contribution in [2.75, 3.05) is 7.11 Å². The van der Waals surface area contributed by atoms with E-state index < -0.39 is 36.2 Å². The molecule has 4 atom stereocenters. The van der Waals surface area contributed by atoms with Gasteiger partial charge in [-0.25, -0.2) is 0 Å². The summed E-state index contributed by atoms with van der Waals surface area (Å²) >= 11 is 0. The predicted octanol–water partition coefficient (Wildman–Crippen LogP) is -0.777. The minimum Gasteiger partial charge on any atom is -0.469 e. The average Bonchev–Trinajstić information content (AvgIpc) is 2.22. The Bertz CT molecular complexity index is 276. The maximum atomic E-state index is 11.3. The largest absolute Gasteiger partial charge is 0.469 e. The van der Waals surface area contributed by atoms with Crippen LogP contribution in [0.4, 0.5) is 0 Å². The minimum absolute atomic E-state index is 0.117. The second-order valence-corrected chi connectivity index (χ2v) is 3.90. The van der Waals surface area contributed by atoms with Gasteiger partial charge in [0.05, 0.1) is 19.1 Å². The van der Waals surface area contributed by atoms with Crippen molar-refractivity contribution in [3.63, 3.8) is 0 Å². The van der Waals surface area contributed by atoms with Gasteiger partial charge in [-0.1, -0.05) is 0 Å². The molecule has 16 heavy (non-hydrogen) atoms. The molecular weight excluding hydrogens is 216 g/mol. The van der Waals surface area contributed by atoms with E-state index in [-0.39, 0.29) is 12.8 Å². The topological polar surface area (TPSA) is 93.1 Å². The summed E-state index contributed by atoms with van der Waals surface area (Å²) in [5.74, 6) is -1.57. The van der Waals surface area contributed by atoms with Crippen LogP contribution in [0.1, 0.15) is 19.8 Å². The summed E-state index contributed by atoms with van der Waals surface area (Å²) in [5.41, 5.74) is 0. The molecule has 1 rings (SSSR count). The van der Waals surface area contributed by atoms with E-state index >= 15 is 0 Å². The number of rotatable bonds is 2. The number of methoxy groups -OCH3 is 1. The molecule has 0 aliphatic heterocycles. The van der Waals surface area contributed by atoms with Gasteiger partial charge in [-0.2, -0.15) is 0 Å². The van der Waals surface area contributed by atoms with Gasteiger partial charge in [0.2, 0.25) is 0 Å². The SMILES string of the molecule is COC(=O)C1C[C@@H](O)[C@@H](O)[C@H](OC(C)=O)C1. The van der Waals surface area contributed by atoms with Crippen molar-refractivity contribution in [1.29, 1.82) is 0 Å². The molecule has 6 heteroatoms. The zero-order valence-corrected chi connectivity index (χ0v) is 9.25. The zero-order valence-electron chi connectivity index (χ0n) is 9.25. The molecule has 0 bridgehead atoms. The third-order valence-corrected chi connectivity index (χ3v) is 2.67. The fraction of sp³-hybridized carbons (Fsp3) is 0.800. The molecule has 1 fully saturated rings. The Morgan fingerprint density at radius 2 is 1.88 bits per heavy atom. The van der Waals surface area contributed by atoms with Crippen LogP contribution in [0.25, 0.3) is 0 Å². The molecule has 1 aliphatic rings. The van der Waals surface area contributed by atoms with E-state index in [1.807, 2.05) is 0 Å². The van der Waals surface area contributed by atoms with Crippen molar-refractivity contribution in [2.45, 2.75) is 38.1 Å². The normalized spacial score (nSPS) is 34.2. The van der Waals surface area contributed by atoms with E-state index in [1.54, 1.807) is 0 Å². The highest BCUT2D eigenvalue weighted by Gasteiger charge is 2.40. The van der Waals surface area contributed by atoms with Gasteiger partial charge < -0.3 is 19.7 Å². The van der Waals surface area contributed by atoms with Crippen LogP contribution < -0.4 is 0 Å². The van der Waals surface area contributed by atoms with Gasteiger partial charge in [0, 0.05) is 13.3 Å². The lowest BCUT2D eigenvalue weighted by Crippen LogP contribution is -2.48. The van der Waals surface area contributed by atoms with E-state index in [9.17, 15) is 19.8 Å². The fourth-order valence-corrected chi connectivity index (χ4v) is 1.88. The first kappa shape index (κ1) is 12.9. The highest BCUT2D eigenvalue weighted by atomic mass is 16.6. The van der Waals surface area contributed by atoms with E-state index in [2.05, 4.69) is 4.74 Å². The number of carbonyl (C=O) groups is 2. The summed E-state index contributed by atoms with van der Waals surface area (Å²) in [6, 6.07) is 0. The highest BCUT2D eigenvalue weighted by molar-refractivity contribution is 5.72. The quantitative estimate of drug-likeness (QED) is 0.607. The Kier molecular flexibility index (Phi) is 4.26. The molecule has 0 amide bonds. The van der Waals surface area contributed by atoms with Crippen molar-refractivity contribution >= 4 is 11.9 Å². The Hall–Kier alpha value is -1.14. The minimum atomic E-state index is -1.15. The Morgan fingerprint density at radius 1 is 1.25 bits per heavy atom. The van der Waals surface area contributed by atoms with E-state index in [0.29, 0.717) is 0 Å². The Morgan fingerprint density at radius 3 is 2.38 bits per heavy atom. The molecule has 0 heterocycles. The summed E-state index contributed by atoms with van der Waals surface area (Å²) in [4.78, 5) is 22.1. The lowest BCUT2D eigenvalue weighted by atomic mass is 9.83. The third-order valence-electron chi connectivity index (χ3n) is 2.67. The maximum Gasteiger partial charge on any atom is 0.308 e. The summed E-state index contributed by atoms with van der Waals surface area (Å²) in [6.45, 7) is 1.21. The van der Waals surface area contributed by atoms with Crippen molar-refractivity contribution in [1.82, 2.24) is 0 Å². The first-order chi connectivity index (χ1) is 7.45. The second kappa shape index (κ2) is 5.27. The zero-order chi connectivity index (χ0) is 12.3. The third kappa shape index (κ3) is 2.93. The number of aliphatic hydroxyl groups is 2. The van der Waals surface area contributed by atoms with E-state index in [4.69, 9.17) is 4.74 Å². The van der Waals surface area contributed by atoms with Crippen LogP contribution in [0.15, 0.2) is 0 Å². The number of carbonyl (C=O) groups excluding carboxylic acids is 2. The second-order valence-electron chi connectivity index (χ2n) is 3.90. The van der Waals surface area contributed by atoms with Gasteiger partial charge in [0.25, 0.3) is 0 Å². The molecule has 0 aromatic carbocycles. The molecule has 92 valence electrons. The standard InChI is InChI=1S/C10H16O6/c1-5(11)16-8-4-6(10(14)15-2)3-7(12)9(8)13/h6-9,12-13H,3-4H2,1-2H3/t6?,7-,8-,9-/m1/s1. The van der Waals surface area contributed by atoms with Crippen molar-refractivity contribution in [3.8, 4) is 0 Å². The Balaban J connectivity index is 2.68. The van der Waals surface area contributed by atoms with E-state index in [1.165, 1.54) is 14.0 Å². The lowest BCUT2D eigenvalue weighted by Gasteiger charge is -2.34. The van der Waals surface area contributed by atoms with Gasteiger partial charge >= 0.3 is 11.9 Å². The summed E-state index contributed by atoms with van der Waals surface area (Å²) in [7, 11) is 1.25. The maximum absolute atomic E-state index is 11.3. The van der Waals surface area contributed by atoms with Crippen LogP contribution in [0.3, 0.4) is 0 Å². The number of esters is 2. The molecule has 1 unspecified atom stereocenters. The molecule has 0 saturated heterocycles. The summed E-state index contributed by atoms with van der Waals surface area (Å²) in [5, 5.41) is 19.1. The average molecular weight is 232 g/mol. The molecular formula is C10H16O6. The highest BCUT2D eigenvalue weighted by Crippen LogP contribution is 2.28. The van der Waals surface area contributed by atoms with Crippen LogP contribution in [0.2, 0.25) is 0 Å². The molecule has 2 N–H and O–H groups in total. The van der Waals surface area contributed by atoms with Gasteiger partial charge in [-0.05, 0) is 6.42 Å². The summed E-state index contributed by atoms with van der Waals surface area (Å²) < 4.78 is 9.40. The first-order valence-electron chi connectivity index (χ1n) is 5.07. The number of aliphatic hydroxyl groups excluding tert-OH is 2. The van der Waals surface area contributed by atoms with Crippen molar-refractivity contribution in [2.24, 2.45) is 5.92 Å². The molecule has 6 nitrogen and oxygen atoms in total. The summed E-state index contributed by atoms with van der Waals surface area (Å²) in [6.07, 6.45) is -2.80. The van der Waals surface area contributed by atoms with Gasteiger partial charge in [0.1, 0.15) is 12.2 Å². The van der Waals surface area contributed by atoms with Crippen molar-refractivity contribution in [3.05, 3.63) is 0 Å². The Labute approximate surface area is 93.2 Å². The van der Waals surface area contributed by atoms with Crippen molar-refractivity contribution < 1.29 is 29.3 Å². The molecule has 0 aromatic rings. The van der Waals surface area contributed by atoms with Gasteiger partial charge in [-0.3, -0.25) is 9.59 Å². The fourth-order valence-electron chi connectivity index (χ4n) is 1.88. The van der Waals surface area contributed by atoms with Crippen LogP contribution in [0, 0.1) is 5.92 Å². The van der Waals surface area contributed by atoms with Crippen LogP contribution >= 0.6 is 0 Å². The van der Waals surface area contributed by atoms with Gasteiger partial charge in [-0.15, -0.1) is 0 Å². The predicted molar refractivity (Wildman–Crippen MR) is 52.3 cm³/mol. The number of hydrogen-bond acceptors (Lipinski definition) is 6. The van der Waals surface area contributed by atoms with E-state index in [0.717, 1.165) is 0 Å². The smallest absolute Gasteiger partial charge is 0.308 e. The van der Waals surface area contributed by atoms with Crippen LogP contribution in [0.5, 0.6) is 0 Å². The molecule has 0 aromatic heterocycles. The number of ether oxygens (including phenoxy) is 2. The monoisotopic (exact) mass is 232 g/mol. The first-order valence-corrected chi connectivity index (χ1v) is 5.07. The van der Waals surface area contributed by atoms with Crippen LogP contribution in [-0.4, -0.2) is 47.6 Å². The number of hydrogen-bond donors (Lipinski definition) is 2. The molecule has 1 saturated carbocycles. The molecule has 1 aliphatic carbocycles. The molecule has 0 spiro atoms. The van der Waals surface area contributed by atoms with Gasteiger partial charge in [0.15, 0.2) is 0 Å². The lowest BCUT2D eigenvalue weighted by molar-refractivity contribution is -0.173. The molecule has 0 radical (unpaired) electrons. The van der Waals surface area contributed by atoms with Crippen LogP contribution in [-0.2, 0) is 19.1 Å².